The summed E-state index contributed by atoms with van der Waals surface area (Å²) in [5.41, 5.74) is 6.82. The van der Waals surface area contributed by atoms with E-state index in [9.17, 15) is 9.59 Å². The molecule has 154 valence electrons. The number of carbonyl (C=O) groups excluding carboxylic acids is 2. The number of benzene rings is 3. The third-order valence-electron chi connectivity index (χ3n) is 4.13. The summed E-state index contributed by atoms with van der Waals surface area (Å²) in [5.74, 6) is 0.673. The highest BCUT2D eigenvalue weighted by molar-refractivity contribution is 6.00. The highest BCUT2D eigenvalue weighted by Gasteiger charge is 2.09. The summed E-state index contributed by atoms with van der Waals surface area (Å²) in [6.45, 7) is 0.837. The van der Waals surface area contributed by atoms with Crippen molar-refractivity contribution in [2.45, 2.75) is 0 Å². The van der Waals surface area contributed by atoms with Crippen LogP contribution in [0.25, 0.3) is 0 Å². The molecule has 0 aliphatic heterocycles. The van der Waals surface area contributed by atoms with E-state index >= 15 is 0 Å². The van der Waals surface area contributed by atoms with Gasteiger partial charge in [-0.3, -0.25) is 9.59 Å². The molecule has 7 heteroatoms. The molecule has 0 saturated heterocycles. The molecule has 0 aliphatic carbocycles. The van der Waals surface area contributed by atoms with E-state index in [2.05, 4.69) is 10.6 Å². The first-order valence-electron chi connectivity index (χ1n) is 9.45. The van der Waals surface area contributed by atoms with Gasteiger partial charge in [-0.15, -0.1) is 0 Å². The molecular formula is C23H23N3O4. The number of primary amides is 1. The van der Waals surface area contributed by atoms with Crippen LogP contribution in [0, 0.1) is 0 Å². The average molecular weight is 405 g/mol. The summed E-state index contributed by atoms with van der Waals surface area (Å²) < 4.78 is 11.2. The predicted molar refractivity (Wildman–Crippen MR) is 116 cm³/mol. The Balaban J connectivity index is 1.41. The number of nitrogens with one attached hydrogen (secondary N) is 2. The Morgan fingerprint density at radius 1 is 0.767 bits per heavy atom. The fourth-order valence-electron chi connectivity index (χ4n) is 2.70. The van der Waals surface area contributed by atoms with Gasteiger partial charge in [0.15, 0.2) is 0 Å². The van der Waals surface area contributed by atoms with Crippen molar-refractivity contribution >= 4 is 23.2 Å². The van der Waals surface area contributed by atoms with E-state index in [0.29, 0.717) is 35.9 Å². The van der Waals surface area contributed by atoms with Gasteiger partial charge in [0.05, 0.1) is 12.1 Å². The Bertz CT molecular complexity index is 975. The van der Waals surface area contributed by atoms with Crippen LogP contribution in [0.5, 0.6) is 11.5 Å². The minimum absolute atomic E-state index is 0.000625. The normalized spacial score (nSPS) is 10.1. The van der Waals surface area contributed by atoms with Crippen molar-refractivity contribution in [1.29, 1.82) is 0 Å². The van der Waals surface area contributed by atoms with Gasteiger partial charge in [0.2, 0.25) is 5.91 Å². The maximum atomic E-state index is 12.2. The largest absolute Gasteiger partial charge is 0.490 e. The SMILES string of the molecule is NC(=O)c1ccccc1NCC(=O)Nc1ccc(OCCOc2ccccc2)cc1. The molecule has 3 rings (SSSR count). The average Bonchev–Trinajstić information content (AvgIpc) is 2.77. The van der Waals surface area contributed by atoms with Gasteiger partial charge < -0.3 is 25.8 Å². The third-order valence-corrected chi connectivity index (χ3v) is 4.13. The number of rotatable bonds is 10. The van der Waals surface area contributed by atoms with E-state index in [1.54, 1.807) is 48.5 Å². The lowest BCUT2D eigenvalue weighted by Crippen LogP contribution is -2.23. The van der Waals surface area contributed by atoms with E-state index < -0.39 is 5.91 Å². The van der Waals surface area contributed by atoms with Crippen LogP contribution in [0.3, 0.4) is 0 Å². The van der Waals surface area contributed by atoms with Crippen LogP contribution in [0.2, 0.25) is 0 Å². The monoisotopic (exact) mass is 405 g/mol. The summed E-state index contributed by atoms with van der Waals surface area (Å²) in [6.07, 6.45) is 0. The molecule has 0 spiro atoms. The quantitative estimate of drug-likeness (QED) is 0.449. The van der Waals surface area contributed by atoms with Crippen LogP contribution in [0.1, 0.15) is 10.4 Å². The van der Waals surface area contributed by atoms with Crippen molar-refractivity contribution < 1.29 is 19.1 Å². The minimum Gasteiger partial charge on any atom is -0.490 e. The Morgan fingerprint density at radius 2 is 1.37 bits per heavy atom. The second kappa shape index (κ2) is 10.5. The lowest BCUT2D eigenvalue weighted by atomic mass is 10.1. The van der Waals surface area contributed by atoms with Gasteiger partial charge in [-0.1, -0.05) is 30.3 Å². The number of hydrogen-bond donors (Lipinski definition) is 3. The standard InChI is InChI=1S/C23H23N3O4/c24-23(28)20-8-4-5-9-21(20)25-16-22(27)26-17-10-12-19(13-11-17)30-15-14-29-18-6-2-1-3-7-18/h1-13,25H,14-16H2,(H2,24,28)(H,26,27). The number of carbonyl (C=O) groups is 2. The van der Waals surface area contributed by atoms with Gasteiger partial charge >= 0.3 is 0 Å². The summed E-state index contributed by atoms with van der Waals surface area (Å²) in [6, 6.07) is 23.3. The number of amides is 2. The molecule has 0 heterocycles. The molecule has 0 aromatic heterocycles. The maximum absolute atomic E-state index is 12.2. The van der Waals surface area contributed by atoms with Crippen LogP contribution in [0.15, 0.2) is 78.9 Å². The summed E-state index contributed by atoms with van der Waals surface area (Å²) in [7, 11) is 0. The highest BCUT2D eigenvalue weighted by atomic mass is 16.5. The van der Waals surface area contributed by atoms with E-state index in [4.69, 9.17) is 15.2 Å². The fourth-order valence-corrected chi connectivity index (χ4v) is 2.70. The molecular weight excluding hydrogens is 382 g/mol. The Hall–Kier alpha value is -4.00. The fraction of sp³-hybridized carbons (Fsp3) is 0.130. The molecule has 0 saturated carbocycles. The zero-order valence-corrected chi connectivity index (χ0v) is 16.3. The topological polar surface area (TPSA) is 103 Å². The van der Waals surface area contributed by atoms with Gasteiger partial charge in [-0.2, -0.15) is 0 Å². The number of anilines is 2. The van der Waals surface area contributed by atoms with Crippen LogP contribution in [0.4, 0.5) is 11.4 Å². The smallest absolute Gasteiger partial charge is 0.250 e. The van der Waals surface area contributed by atoms with Gasteiger partial charge in [0.1, 0.15) is 24.7 Å². The predicted octanol–water partition coefficient (Wildman–Crippen LogP) is 3.29. The molecule has 7 nitrogen and oxygen atoms in total. The molecule has 0 radical (unpaired) electrons. The first-order valence-corrected chi connectivity index (χ1v) is 9.45. The Morgan fingerprint density at radius 3 is 2.03 bits per heavy atom. The molecule has 0 aliphatic rings. The molecule has 2 amide bonds. The minimum atomic E-state index is -0.553. The van der Waals surface area contributed by atoms with Crippen molar-refractivity contribution in [3.8, 4) is 11.5 Å². The molecule has 4 N–H and O–H groups in total. The van der Waals surface area contributed by atoms with E-state index in [1.807, 2.05) is 30.3 Å². The maximum Gasteiger partial charge on any atom is 0.250 e. The number of para-hydroxylation sites is 2. The Labute approximate surface area is 174 Å². The van der Waals surface area contributed by atoms with E-state index in [1.165, 1.54) is 0 Å². The zero-order valence-electron chi connectivity index (χ0n) is 16.3. The molecule has 0 atom stereocenters. The molecule has 30 heavy (non-hydrogen) atoms. The second-order valence-corrected chi connectivity index (χ2v) is 6.35. The van der Waals surface area contributed by atoms with Crippen molar-refractivity contribution in [2.75, 3.05) is 30.4 Å². The van der Waals surface area contributed by atoms with Crippen LogP contribution < -0.4 is 25.8 Å². The first-order chi connectivity index (χ1) is 14.6. The molecule has 0 fully saturated rings. The van der Waals surface area contributed by atoms with Gasteiger partial charge in [-0.25, -0.2) is 0 Å². The lowest BCUT2D eigenvalue weighted by molar-refractivity contribution is -0.114. The van der Waals surface area contributed by atoms with Crippen molar-refractivity contribution in [2.24, 2.45) is 5.73 Å². The molecule has 0 unspecified atom stereocenters. The summed E-state index contributed by atoms with van der Waals surface area (Å²) in [5, 5.41) is 5.70. The van der Waals surface area contributed by atoms with Crippen molar-refractivity contribution in [1.82, 2.24) is 0 Å². The zero-order chi connectivity index (χ0) is 21.2. The van der Waals surface area contributed by atoms with Crippen molar-refractivity contribution in [3.63, 3.8) is 0 Å². The van der Waals surface area contributed by atoms with E-state index in [-0.39, 0.29) is 12.5 Å². The van der Waals surface area contributed by atoms with Gasteiger partial charge in [-0.05, 0) is 48.5 Å². The lowest BCUT2D eigenvalue weighted by Gasteiger charge is -2.11. The van der Waals surface area contributed by atoms with Crippen LogP contribution >= 0.6 is 0 Å². The summed E-state index contributed by atoms with van der Waals surface area (Å²) in [4.78, 5) is 23.6. The molecule has 3 aromatic carbocycles. The highest BCUT2D eigenvalue weighted by Crippen LogP contribution is 2.17. The molecule has 3 aromatic rings. The summed E-state index contributed by atoms with van der Waals surface area (Å²) >= 11 is 0. The van der Waals surface area contributed by atoms with Crippen molar-refractivity contribution in [3.05, 3.63) is 84.4 Å². The number of ether oxygens (including phenoxy) is 2. The second-order valence-electron chi connectivity index (χ2n) is 6.35. The van der Waals surface area contributed by atoms with Gasteiger partial charge in [0, 0.05) is 11.4 Å². The number of nitrogens with two attached hydrogens (primary N) is 1. The van der Waals surface area contributed by atoms with Crippen LogP contribution in [-0.2, 0) is 4.79 Å². The van der Waals surface area contributed by atoms with E-state index in [0.717, 1.165) is 5.75 Å². The Kier molecular flexibility index (Phi) is 7.27. The molecule has 0 bridgehead atoms. The first kappa shape index (κ1) is 20.7. The third kappa shape index (κ3) is 6.27. The number of hydrogen-bond acceptors (Lipinski definition) is 5. The van der Waals surface area contributed by atoms with Gasteiger partial charge in [0.25, 0.3) is 5.91 Å². The van der Waals surface area contributed by atoms with Crippen LogP contribution in [-0.4, -0.2) is 31.6 Å².